The van der Waals surface area contributed by atoms with Crippen molar-refractivity contribution in [1.29, 1.82) is 0 Å². The predicted molar refractivity (Wildman–Crippen MR) is 130 cm³/mol. The molecule has 4 rings (SSSR count). The molecular weight excluding hydrogens is 455 g/mol. The quantitative estimate of drug-likeness (QED) is 0.635. The van der Waals surface area contributed by atoms with Crippen LogP contribution >= 0.6 is 12.2 Å². The summed E-state index contributed by atoms with van der Waals surface area (Å²) in [7, 11) is 0. The van der Waals surface area contributed by atoms with Crippen LogP contribution in [-0.2, 0) is 22.5 Å². The molecule has 2 aliphatic heterocycles. The average molecular weight is 485 g/mol. The first kappa shape index (κ1) is 24.1. The molecule has 2 aromatic carbocycles. The van der Waals surface area contributed by atoms with Crippen molar-refractivity contribution in [2.45, 2.75) is 44.4 Å². The van der Waals surface area contributed by atoms with E-state index in [1.54, 1.807) is 30.0 Å². The number of carbonyl (C=O) groups is 2. The minimum Gasteiger partial charge on any atom is -0.450 e. The normalized spacial score (nSPS) is 19.4. The summed E-state index contributed by atoms with van der Waals surface area (Å²) in [6.45, 7) is 3.26. The number of nitrogens with zero attached hydrogens (tertiary/aromatic N) is 2. The van der Waals surface area contributed by atoms with Crippen molar-refractivity contribution in [3.63, 3.8) is 0 Å². The summed E-state index contributed by atoms with van der Waals surface area (Å²) in [4.78, 5) is 29.0. The number of amides is 2. The highest BCUT2D eigenvalue weighted by molar-refractivity contribution is 7.80. The fourth-order valence-corrected chi connectivity index (χ4v) is 4.97. The van der Waals surface area contributed by atoms with E-state index in [-0.39, 0.29) is 24.9 Å². The number of carbonyl (C=O) groups excluding carboxylic acids is 2. The summed E-state index contributed by atoms with van der Waals surface area (Å²) in [6, 6.07) is 16.0. The minimum absolute atomic E-state index is 0.0345. The number of likely N-dealkylation sites (tertiary alicyclic amines) is 1. The van der Waals surface area contributed by atoms with Gasteiger partial charge in [-0.25, -0.2) is 9.18 Å². The summed E-state index contributed by atoms with van der Waals surface area (Å²) >= 11 is 5.38. The molecule has 0 aromatic heterocycles. The summed E-state index contributed by atoms with van der Waals surface area (Å²) in [5, 5.41) is 6.48. The van der Waals surface area contributed by atoms with Crippen molar-refractivity contribution in [1.82, 2.24) is 20.4 Å². The SMILES string of the molecule is CCOC(=O)NC(=S)N1CCC2(CC1)NC(Cc1ccccc1)C(=O)N2Cc1ccccc1F. The first-order chi connectivity index (χ1) is 16.4. The van der Waals surface area contributed by atoms with Crippen LogP contribution in [0.4, 0.5) is 9.18 Å². The number of hydrogen-bond acceptors (Lipinski definition) is 5. The van der Waals surface area contributed by atoms with Gasteiger partial charge in [-0.2, -0.15) is 0 Å². The molecule has 2 amide bonds. The zero-order valence-corrected chi connectivity index (χ0v) is 19.9. The lowest BCUT2D eigenvalue weighted by molar-refractivity contribution is -0.134. The summed E-state index contributed by atoms with van der Waals surface area (Å²) < 4.78 is 19.4. The molecule has 1 spiro atoms. The molecule has 1 unspecified atom stereocenters. The van der Waals surface area contributed by atoms with Crippen LogP contribution in [0.5, 0.6) is 0 Å². The summed E-state index contributed by atoms with van der Waals surface area (Å²) in [6.07, 6.45) is 1.15. The number of halogens is 1. The second-order valence-corrected chi connectivity index (χ2v) is 8.96. The number of ether oxygens (including phenoxy) is 1. The molecule has 2 N–H and O–H groups in total. The number of alkyl carbamates (subject to hydrolysis) is 1. The van der Waals surface area contributed by atoms with Gasteiger partial charge in [0, 0.05) is 31.5 Å². The van der Waals surface area contributed by atoms with Crippen molar-refractivity contribution < 1.29 is 18.7 Å². The second kappa shape index (κ2) is 10.5. The number of benzene rings is 2. The number of thiocarbonyl (C=S) groups is 1. The molecule has 0 bridgehead atoms. The maximum Gasteiger partial charge on any atom is 0.413 e. The number of rotatable bonds is 5. The molecule has 7 nitrogen and oxygen atoms in total. The zero-order valence-electron chi connectivity index (χ0n) is 19.1. The monoisotopic (exact) mass is 484 g/mol. The number of nitrogens with one attached hydrogen (secondary N) is 2. The van der Waals surface area contributed by atoms with Gasteiger partial charge in [0.25, 0.3) is 0 Å². The van der Waals surface area contributed by atoms with E-state index in [9.17, 15) is 14.0 Å². The van der Waals surface area contributed by atoms with Crippen molar-refractivity contribution >= 4 is 29.3 Å². The molecule has 2 saturated heterocycles. The van der Waals surface area contributed by atoms with Gasteiger partial charge in [-0.3, -0.25) is 15.4 Å². The Morgan fingerprint density at radius 1 is 1.18 bits per heavy atom. The highest BCUT2D eigenvalue weighted by Crippen LogP contribution is 2.35. The van der Waals surface area contributed by atoms with Gasteiger partial charge >= 0.3 is 6.09 Å². The lowest BCUT2D eigenvalue weighted by atomic mass is 9.95. The fraction of sp³-hybridized carbons (Fsp3) is 0.400. The van der Waals surface area contributed by atoms with Crippen molar-refractivity contribution in [3.05, 3.63) is 71.5 Å². The lowest BCUT2D eigenvalue weighted by Gasteiger charge is -2.45. The average Bonchev–Trinajstić information content (AvgIpc) is 3.07. The highest BCUT2D eigenvalue weighted by Gasteiger charge is 2.51. The second-order valence-electron chi connectivity index (χ2n) is 8.57. The lowest BCUT2D eigenvalue weighted by Crippen LogP contribution is -2.60. The van der Waals surface area contributed by atoms with Gasteiger partial charge in [-0.05, 0) is 37.2 Å². The van der Waals surface area contributed by atoms with Crippen LogP contribution in [0.1, 0.15) is 30.9 Å². The molecule has 2 aromatic rings. The molecule has 0 radical (unpaired) electrons. The first-order valence-corrected chi connectivity index (χ1v) is 11.9. The fourth-order valence-electron chi connectivity index (χ4n) is 4.70. The van der Waals surface area contributed by atoms with E-state index in [1.807, 2.05) is 35.2 Å². The Morgan fingerprint density at radius 3 is 2.53 bits per heavy atom. The van der Waals surface area contributed by atoms with Crippen molar-refractivity contribution in [2.75, 3.05) is 19.7 Å². The standard InChI is InChI=1S/C25H29FN4O3S/c1-2-33-24(32)27-23(34)29-14-12-25(13-15-29)28-21(16-18-8-4-3-5-9-18)22(31)30(25)17-19-10-6-7-11-20(19)26/h3-11,21,28H,2,12-17H2,1H3,(H,27,32,34). The maximum atomic E-state index is 14.5. The highest BCUT2D eigenvalue weighted by atomic mass is 32.1. The third-order valence-corrected chi connectivity index (χ3v) is 6.82. The van der Waals surface area contributed by atoms with Crippen LogP contribution < -0.4 is 10.6 Å². The van der Waals surface area contributed by atoms with Gasteiger partial charge in [0.15, 0.2) is 5.11 Å². The molecule has 2 heterocycles. The summed E-state index contributed by atoms with van der Waals surface area (Å²) in [5.74, 6) is -0.359. The summed E-state index contributed by atoms with van der Waals surface area (Å²) in [5.41, 5.74) is 0.933. The van der Waals surface area contributed by atoms with Crippen molar-refractivity contribution in [3.8, 4) is 0 Å². The van der Waals surface area contributed by atoms with Gasteiger partial charge in [0.1, 0.15) is 5.82 Å². The number of piperidine rings is 1. The Morgan fingerprint density at radius 2 is 1.85 bits per heavy atom. The molecule has 180 valence electrons. The molecule has 0 aliphatic carbocycles. The van der Waals surface area contributed by atoms with Gasteiger partial charge < -0.3 is 14.5 Å². The van der Waals surface area contributed by atoms with Crippen LogP contribution in [0.3, 0.4) is 0 Å². The van der Waals surface area contributed by atoms with Gasteiger partial charge in [-0.1, -0.05) is 48.5 Å². The molecule has 9 heteroatoms. The Balaban J connectivity index is 1.52. The van der Waals surface area contributed by atoms with Crippen molar-refractivity contribution in [2.24, 2.45) is 0 Å². The Kier molecular flexibility index (Phi) is 7.43. The van der Waals surface area contributed by atoms with Crippen LogP contribution in [0.2, 0.25) is 0 Å². The van der Waals surface area contributed by atoms with Crippen LogP contribution in [0.15, 0.2) is 54.6 Å². The van der Waals surface area contributed by atoms with Gasteiger partial charge in [0.2, 0.25) is 5.91 Å². The van der Waals surface area contributed by atoms with E-state index in [2.05, 4.69) is 10.6 Å². The van der Waals surface area contributed by atoms with E-state index in [1.165, 1.54) is 6.07 Å². The van der Waals surface area contributed by atoms with Crippen LogP contribution in [0, 0.1) is 5.82 Å². The topological polar surface area (TPSA) is 73.9 Å². The van der Waals surface area contributed by atoms with E-state index in [0.717, 1.165) is 5.56 Å². The van der Waals surface area contributed by atoms with Crippen LogP contribution in [0.25, 0.3) is 0 Å². The largest absolute Gasteiger partial charge is 0.450 e. The molecular formula is C25H29FN4O3S. The first-order valence-electron chi connectivity index (χ1n) is 11.5. The van der Waals surface area contributed by atoms with Crippen LogP contribution in [-0.4, -0.2) is 58.3 Å². The minimum atomic E-state index is -0.616. The van der Waals surface area contributed by atoms with Gasteiger partial charge in [0.05, 0.1) is 24.9 Å². The van der Waals surface area contributed by atoms with E-state index in [0.29, 0.717) is 43.0 Å². The Bertz CT molecular complexity index is 1040. The van der Waals surface area contributed by atoms with Gasteiger partial charge in [-0.15, -0.1) is 0 Å². The zero-order chi connectivity index (χ0) is 24.1. The Labute approximate surface area is 204 Å². The predicted octanol–water partition coefficient (Wildman–Crippen LogP) is 3.19. The van der Waals surface area contributed by atoms with E-state index in [4.69, 9.17) is 17.0 Å². The van der Waals surface area contributed by atoms with E-state index < -0.39 is 17.8 Å². The smallest absolute Gasteiger partial charge is 0.413 e. The maximum absolute atomic E-state index is 14.5. The molecule has 2 aliphatic rings. The van der Waals surface area contributed by atoms with E-state index >= 15 is 0 Å². The third-order valence-electron chi connectivity index (χ3n) is 6.45. The Hall–Kier alpha value is -3.04. The molecule has 0 saturated carbocycles. The number of hydrogen-bond donors (Lipinski definition) is 2. The molecule has 34 heavy (non-hydrogen) atoms. The molecule has 1 atom stereocenters. The molecule has 2 fully saturated rings. The third kappa shape index (κ3) is 5.20.